The Morgan fingerprint density at radius 2 is 2.00 bits per heavy atom. The third kappa shape index (κ3) is 3.29. The van der Waals surface area contributed by atoms with Crippen LogP contribution in [0.1, 0.15) is 33.6 Å². The van der Waals surface area contributed by atoms with Crippen LogP contribution < -0.4 is 5.32 Å². The number of carboxylic acid groups (broad SMARTS) is 1. The molecular weight excluding hydrogens is 178 g/mol. The van der Waals surface area contributed by atoms with Crippen molar-refractivity contribution in [2.24, 2.45) is 17.8 Å². The van der Waals surface area contributed by atoms with Gasteiger partial charge < -0.3 is 10.4 Å². The van der Waals surface area contributed by atoms with Crippen LogP contribution in [0.25, 0.3) is 0 Å². The average molecular weight is 199 g/mol. The Morgan fingerprint density at radius 1 is 1.43 bits per heavy atom. The van der Waals surface area contributed by atoms with E-state index in [2.05, 4.69) is 12.2 Å². The third-order valence-electron chi connectivity index (χ3n) is 3.02. The second-order valence-electron chi connectivity index (χ2n) is 4.78. The molecule has 0 aromatic heterocycles. The van der Waals surface area contributed by atoms with E-state index in [1.165, 1.54) is 12.8 Å². The minimum Gasteiger partial charge on any atom is -0.480 e. The molecule has 1 aliphatic carbocycles. The molecule has 0 spiro atoms. The number of rotatable bonds is 6. The lowest BCUT2D eigenvalue weighted by molar-refractivity contribution is -0.140. The summed E-state index contributed by atoms with van der Waals surface area (Å²) in [5.74, 6) is 0.876. The van der Waals surface area contributed by atoms with Crippen LogP contribution in [-0.4, -0.2) is 23.7 Å². The number of nitrogens with one attached hydrogen (secondary N) is 1. The van der Waals surface area contributed by atoms with Crippen molar-refractivity contribution in [3.05, 3.63) is 0 Å². The van der Waals surface area contributed by atoms with E-state index >= 15 is 0 Å². The van der Waals surface area contributed by atoms with E-state index in [1.54, 1.807) is 0 Å². The highest BCUT2D eigenvalue weighted by atomic mass is 16.4. The maximum absolute atomic E-state index is 10.9. The van der Waals surface area contributed by atoms with E-state index in [0.29, 0.717) is 5.92 Å². The molecule has 0 amide bonds. The van der Waals surface area contributed by atoms with Gasteiger partial charge in [-0.15, -0.1) is 0 Å². The van der Waals surface area contributed by atoms with Gasteiger partial charge in [-0.1, -0.05) is 20.8 Å². The normalized spacial score (nSPS) is 20.9. The van der Waals surface area contributed by atoms with Gasteiger partial charge in [-0.25, -0.2) is 0 Å². The monoisotopic (exact) mass is 199 g/mol. The molecule has 1 aliphatic rings. The molecule has 1 fully saturated rings. The van der Waals surface area contributed by atoms with Crippen molar-refractivity contribution < 1.29 is 9.90 Å². The van der Waals surface area contributed by atoms with Crippen LogP contribution in [0.2, 0.25) is 0 Å². The van der Waals surface area contributed by atoms with Gasteiger partial charge in [0.25, 0.3) is 0 Å². The van der Waals surface area contributed by atoms with E-state index < -0.39 is 12.0 Å². The van der Waals surface area contributed by atoms with E-state index in [1.807, 2.05) is 13.8 Å². The summed E-state index contributed by atoms with van der Waals surface area (Å²) in [5.41, 5.74) is 0. The summed E-state index contributed by atoms with van der Waals surface area (Å²) in [6.45, 7) is 6.91. The fourth-order valence-corrected chi connectivity index (χ4v) is 1.75. The Balaban J connectivity index is 2.28. The summed E-state index contributed by atoms with van der Waals surface area (Å²) in [4.78, 5) is 10.9. The average Bonchev–Trinajstić information content (AvgIpc) is 2.84. The predicted octanol–water partition coefficient (Wildman–Crippen LogP) is 1.73. The molecule has 0 aromatic carbocycles. The summed E-state index contributed by atoms with van der Waals surface area (Å²) in [6, 6.07) is -0.392. The molecule has 1 rings (SSSR count). The van der Waals surface area contributed by atoms with Crippen LogP contribution >= 0.6 is 0 Å². The molecule has 2 atom stereocenters. The minimum atomic E-state index is -0.733. The topological polar surface area (TPSA) is 49.3 Å². The van der Waals surface area contributed by atoms with Crippen LogP contribution in [0, 0.1) is 17.8 Å². The summed E-state index contributed by atoms with van der Waals surface area (Å²) < 4.78 is 0. The third-order valence-corrected chi connectivity index (χ3v) is 3.02. The molecule has 0 saturated heterocycles. The zero-order valence-corrected chi connectivity index (χ0v) is 9.29. The number of hydrogen-bond donors (Lipinski definition) is 2. The highest BCUT2D eigenvalue weighted by Gasteiger charge is 2.29. The second-order valence-corrected chi connectivity index (χ2v) is 4.78. The van der Waals surface area contributed by atoms with Crippen molar-refractivity contribution >= 4 is 5.97 Å². The van der Waals surface area contributed by atoms with Crippen molar-refractivity contribution in [3.8, 4) is 0 Å². The van der Waals surface area contributed by atoms with Crippen LogP contribution in [0.5, 0.6) is 0 Å². The fraction of sp³-hybridized carbons (Fsp3) is 0.909. The molecule has 1 saturated carbocycles. The number of aliphatic carboxylic acids is 1. The van der Waals surface area contributed by atoms with Gasteiger partial charge in [-0.3, -0.25) is 4.79 Å². The summed E-state index contributed by atoms with van der Waals surface area (Å²) >= 11 is 0. The molecule has 0 bridgehead atoms. The van der Waals surface area contributed by atoms with Crippen molar-refractivity contribution in [1.82, 2.24) is 5.32 Å². The van der Waals surface area contributed by atoms with Crippen molar-refractivity contribution in [2.45, 2.75) is 39.7 Å². The molecule has 2 unspecified atom stereocenters. The van der Waals surface area contributed by atoms with Crippen molar-refractivity contribution in [1.29, 1.82) is 0 Å². The van der Waals surface area contributed by atoms with E-state index in [9.17, 15) is 4.79 Å². The number of carboxylic acids is 1. The first kappa shape index (κ1) is 11.5. The maximum atomic E-state index is 10.9. The SMILES string of the molecule is CC(C)C(NCC(C)C1CC1)C(=O)O. The van der Waals surface area contributed by atoms with E-state index in [4.69, 9.17) is 5.11 Å². The lowest BCUT2D eigenvalue weighted by Gasteiger charge is -2.20. The van der Waals surface area contributed by atoms with E-state index in [-0.39, 0.29) is 5.92 Å². The van der Waals surface area contributed by atoms with Gasteiger partial charge >= 0.3 is 5.97 Å². The quantitative estimate of drug-likeness (QED) is 0.685. The van der Waals surface area contributed by atoms with Crippen LogP contribution in [0.3, 0.4) is 0 Å². The molecule has 0 heterocycles. The highest BCUT2D eigenvalue weighted by molar-refractivity contribution is 5.73. The standard InChI is InChI=1S/C11H21NO2/c1-7(2)10(11(13)14)12-6-8(3)9-4-5-9/h7-10,12H,4-6H2,1-3H3,(H,13,14). The molecular formula is C11H21NO2. The van der Waals surface area contributed by atoms with Gasteiger partial charge in [0.15, 0.2) is 0 Å². The summed E-state index contributed by atoms with van der Waals surface area (Å²) in [5, 5.41) is 12.1. The summed E-state index contributed by atoms with van der Waals surface area (Å²) in [6.07, 6.45) is 2.64. The van der Waals surface area contributed by atoms with Crippen molar-refractivity contribution in [3.63, 3.8) is 0 Å². The lowest BCUT2D eigenvalue weighted by Crippen LogP contribution is -2.43. The first-order chi connectivity index (χ1) is 6.52. The molecule has 14 heavy (non-hydrogen) atoms. The second kappa shape index (κ2) is 4.78. The highest BCUT2D eigenvalue weighted by Crippen LogP contribution is 2.36. The molecule has 82 valence electrons. The fourth-order valence-electron chi connectivity index (χ4n) is 1.75. The summed E-state index contributed by atoms with van der Waals surface area (Å²) in [7, 11) is 0. The zero-order valence-electron chi connectivity index (χ0n) is 9.29. The predicted molar refractivity (Wildman–Crippen MR) is 56.2 cm³/mol. The Labute approximate surface area is 85.9 Å². The smallest absolute Gasteiger partial charge is 0.320 e. The van der Waals surface area contributed by atoms with Gasteiger partial charge in [-0.05, 0) is 37.1 Å². The number of carbonyl (C=O) groups is 1. The van der Waals surface area contributed by atoms with Crippen LogP contribution in [0.15, 0.2) is 0 Å². The van der Waals surface area contributed by atoms with Gasteiger partial charge in [0.2, 0.25) is 0 Å². The van der Waals surface area contributed by atoms with E-state index in [0.717, 1.165) is 12.5 Å². The Morgan fingerprint density at radius 3 is 2.36 bits per heavy atom. The molecule has 0 radical (unpaired) electrons. The van der Waals surface area contributed by atoms with Crippen LogP contribution in [-0.2, 0) is 4.79 Å². The molecule has 3 heteroatoms. The molecule has 3 nitrogen and oxygen atoms in total. The van der Waals surface area contributed by atoms with Crippen LogP contribution in [0.4, 0.5) is 0 Å². The maximum Gasteiger partial charge on any atom is 0.320 e. The Kier molecular flexibility index (Phi) is 3.93. The van der Waals surface area contributed by atoms with Crippen molar-refractivity contribution in [2.75, 3.05) is 6.54 Å². The van der Waals surface area contributed by atoms with Gasteiger partial charge in [0, 0.05) is 0 Å². The first-order valence-corrected chi connectivity index (χ1v) is 5.48. The Hall–Kier alpha value is -0.570. The zero-order chi connectivity index (χ0) is 10.7. The lowest BCUT2D eigenvalue weighted by atomic mass is 10.0. The first-order valence-electron chi connectivity index (χ1n) is 5.48. The number of hydrogen-bond acceptors (Lipinski definition) is 2. The molecule has 0 aromatic rings. The minimum absolute atomic E-state index is 0.152. The van der Waals surface area contributed by atoms with Gasteiger partial charge in [0.1, 0.15) is 6.04 Å². The molecule has 2 N–H and O–H groups in total. The molecule has 0 aliphatic heterocycles. The van der Waals surface area contributed by atoms with Gasteiger partial charge in [-0.2, -0.15) is 0 Å². The largest absolute Gasteiger partial charge is 0.480 e. The van der Waals surface area contributed by atoms with Gasteiger partial charge in [0.05, 0.1) is 0 Å². The Bertz CT molecular complexity index is 199.